The average Bonchev–Trinajstić information content (AvgIpc) is 2.86. The molecule has 1 saturated heterocycles. The molecule has 0 N–H and O–H groups in total. The number of rotatable bonds is 2. The number of hydrogen-bond donors (Lipinski definition) is 0. The van der Waals surface area contributed by atoms with Gasteiger partial charge in [0.25, 0.3) is 0 Å². The Bertz CT molecular complexity index is 426. The number of likely N-dealkylation sites (tertiary alicyclic amines) is 1. The zero-order chi connectivity index (χ0) is 13.2. The van der Waals surface area contributed by atoms with Gasteiger partial charge in [0.15, 0.2) is 0 Å². The van der Waals surface area contributed by atoms with E-state index in [1.54, 1.807) is 0 Å². The van der Waals surface area contributed by atoms with Crippen LogP contribution in [0.15, 0.2) is 6.33 Å². The molecule has 1 aromatic heterocycles. The molecule has 100 valence electrons. The number of ether oxygens (including phenoxy) is 1. The molecule has 6 nitrogen and oxygen atoms in total. The molecule has 1 aliphatic heterocycles. The van der Waals surface area contributed by atoms with Gasteiger partial charge >= 0.3 is 18.3 Å². The summed E-state index contributed by atoms with van der Waals surface area (Å²) in [6, 6.07) is -0.365. The van der Waals surface area contributed by atoms with Crippen molar-refractivity contribution in [3.8, 4) is 6.01 Å². The van der Waals surface area contributed by atoms with E-state index >= 15 is 0 Å². The summed E-state index contributed by atoms with van der Waals surface area (Å²) in [5.41, 5.74) is 0. The van der Waals surface area contributed by atoms with Crippen LogP contribution in [0.5, 0.6) is 6.01 Å². The highest BCUT2D eigenvalue weighted by molar-refractivity contribution is 5.69. The molecule has 2 rings (SSSR count). The number of aromatic nitrogens is 3. The highest BCUT2D eigenvalue weighted by Crippen LogP contribution is 2.17. The Morgan fingerprint density at radius 3 is 2.67 bits per heavy atom. The number of amides is 1. The lowest BCUT2D eigenvalue weighted by Crippen LogP contribution is -2.30. The third-order valence-corrected chi connectivity index (χ3v) is 2.40. The summed E-state index contributed by atoms with van der Waals surface area (Å²) in [5, 5.41) is 3.42. The minimum Gasteiger partial charge on any atom is -0.373 e. The van der Waals surface area contributed by atoms with Crippen LogP contribution in [0.1, 0.15) is 12.8 Å². The van der Waals surface area contributed by atoms with E-state index in [2.05, 4.69) is 10.1 Å². The SMILES string of the molecule is O=C(Oc1ncn(CC(F)(F)F)n1)N1CCCC1. The minimum atomic E-state index is -4.38. The van der Waals surface area contributed by atoms with Crippen LogP contribution in [-0.2, 0) is 6.54 Å². The molecule has 1 aromatic rings. The Hall–Kier alpha value is -1.80. The predicted octanol–water partition coefficient (Wildman–Crippen LogP) is 1.43. The van der Waals surface area contributed by atoms with Gasteiger partial charge in [0, 0.05) is 13.1 Å². The Morgan fingerprint density at radius 1 is 1.39 bits per heavy atom. The van der Waals surface area contributed by atoms with Gasteiger partial charge < -0.3 is 9.64 Å². The van der Waals surface area contributed by atoms with E-state index in [0.29, 0.717) is 17.8 Å². The van der Waals surface area contributed by atoms with Crippen LogP contribution in [0.25, 0.3) is 0 Å². The first-order valence-electron chi connectivity index (χ1n) is 5.37. The van der Waals surface area contributed by atoms with Crippen molar-refractivity contribution in [1.29, 1.82) is 0 Å². The molecule has 18 heavy (non-hydrogen) atoms. The molecule has 0 aliphatic carbocycles. The van der Waals surface area contributed by atoms with Gasteiger partial charge in [-0.25, -0.2) is 9.48 Å². The first-order chi connectivity index (χ1) is 8.44. The monoisotopic (exact) mass is 264 g/mol. The quantitative estimate of drug-likeness (QED) is 0.810. The molecule has 0 spiro atoms. The van der Waals surface area contributed by atoms with E-state index in [1.807, 2.05) is 0 Å². The molecule has 0 radical (unpaired) electrons. The molecule has 0 saturated carbocycles. The maximum absolute atomic E-state index is 12.1. The van der Waals surface area contributed by atoms with E-state index in [0.717, 1.165) is 19.2 Å². The molecule has 9 heteroatoms. The summed E-state index contributed by atoms with van der Waals surface area (Å²) in [4.78, 5) is 16.5. The summed E-state index contributed by atoms with van der Waals surface area (Å²) in [6.45, 7) is -0.0918. The molecule has 0 aromatic carbocycles. The molecule has 0 unspecified atom stereocenters. The number of halogens is 3. The first-order valence-corrected chi connectivity index (χ1v) is 5.37. The smallest absolute Gasteiger partial charge is 0.373 e. The van der Waals surface area contributed by atoms with Gasteiger partial charge in [-0.1, -0.05) is 0 Å². The fraction of sp³-hybridized carbons (Fsp3) is 0.667. The fourth-order valence-electron chi connectivity index (χ4n) is 1.63. The van der Waals surface area contributed by atoms with Crippen LogP contribution < -0.4 is 4.74 Å². The Kier molecular flexibility index (Phi) is 3.39. The highest BCUT2D eigenvalue weighted by Gasteiger charge is 2.29. The van der Waals surface area contributed by atoms with Gasteiger partial charge in [-0.15, -0.1) is 5.10 Å². The summed E-state index contributed by atoms with van der Waals surface area (Å²) in [5.74, 6) is 0. The van der Waals surface area contributed by atoms with Crippen molar-refractivity contribution in [3.05, 3.63) is 6.33 Å². The number of nitrogens with zero attached hydrogens (tertiary/aromatic N) is 4. The summed E-state index contributed by atoms with van der Waals surface area (Å²) < 4.78 is 41.5. The van der Waals surface area contributed by atoms with Crippen LogP contribution in [0.3, 0.4) is 0 Å². The second kappa shape index (κ2) is 4.83. The van der Waals surface area contributed by atoms with Gasteiger partial charge in [0.05, 0.1) is 0 Å². The lowest BCUT2D eigenvalue weighted by Gasteiger charge is -2.12. The largest absolute Gasteiger partial charge is 0.417 e. The van der Waals surface area contributed by atoms with E-state index in [4.69, 9.17) is 4.74 Å². The summed E-state index contributed by atoms with van der Waals surface area (Å²) in [6.07, 6.45) is -2.35. The van der Waals surface area contributed by atoms with Gasteiger partial charge in [-0.3, -0.25) is 0 Å². The molecule has 0 atom stereocenters. The molecule has 2 heterocycles. The minimum absolute atomic E-state index is 0.365. The van der Waals surface area contributed by atoms with Crippen molar-refractivity contribution >= 4 is 6.09 Å². The van der Waals surface area contributed by atoms with Crippen molar-refractivity contribution < 1.29 is 22.7 Å². The molecule has 0 bridgehead atoms. The molecule has 1 fully saturated rings. The van der Waals surface area contributed by atoms with E-state index < -0.39 is 18.8 Å². The molecular formula is C9H11F3N4O2. The van der Waals surface area contributed by atoms with Crippen molar-refractivity contribution in [2.45, 2.75) is 25.6 Å². The molecule has 1 amide bonds. The topological polar surface area (TPSA) is 60.2 Å². The van der Waals surface area contributed by atoms with Gasteiger partial charge in [0.2, 0.25) is 0 Å². The number of carbonyl (C=O) groups is 1. The second-order valence-electron chi connectivity index (χ2n) is 3.90. The Balaban J connectivity index is 1.92. The molecule has 1 aliphatic rings. The maximum Gasteiger partial charge on any atom is 0.417 e. The molecular weight excluding hydrogens is 253 g/mol. The van der Waals surface area contributed by atoms with Gasteiger partial charge in [0.1, 0.15) is 12.9 Å². The fourth-order valence-corrected chi connectivity index (χ4v) is 1.63. The van der Waals surface area contributed by atoms with Crippen LogP contribution in [-0.4, -0.2) is 45.0 Å². The number of alkyl halides is 3. The lowest BCUT2D eigenvalue weighted by atomic mass is 10.4. The average molecular weight is 264 g/mol. The number of carbonyl (C=O) groups excluding carboxylic acids is 1. The zero-order valence-corrected chi connectivity index (χ0v) is 9.35. The standard InChI is InChI=1S/C9H11F3N4O2/c10-9(11,12)5-16-6-13-7(14-16)18-8(17)15-3-1-2-4-15/h6H,1-5H2. The van der Waals surface area contributed by atoms with Crippen LogP contribution in [0.2, 0.25) is 0 Å². The van der Waals surface area contributed by atoms with E-state index in [-0.39, 0.29) is 6.01 Å². The van der Waals surface area contributed by atoms with Crippen molar-refractivity contribution in [2.75, 3.05) is 13.1 Å². The Labute approximate surface area is 100 Å². The van der Waals surface area contributed by atoms with Crippen molar-refractivity contribution in [1.82, 2.24) is 19.7 Å². The normalized spacial score (nSPS) is 16.1. The van der Waals surface area contributed by atoms with Crippen molar-refractivity contribution in [2.24, 2.45) is 0 Å². The van der Waals surface area contributed by atoms with E-state index in [9.17, 15) is 18.0 Å². The maximum atomic E-state index is 12.1. The predicted molar refractivity (Wildman–Crippen MR) is 52.9 cm³/mol. The summed E-state index contributed by atoms with van der Waals surface area (Å²) >= 11 is 0. The van der Waals surface area contributed by atoms with Crippen LogP contribution >= 0.6 is 0 Å². The summed E-state index contributed by atoms with van der Waals surface area (Å²) in [7, 11) is 0. The number of hydrogen-bond acceptors (Lipinski definition) is 4. The van der Waals surface area contributed by atoms with Crippen LogP contribution in [0, 0.1) is 0 Å². The second-order valence-corrected chi connectivity index (χ2v) is 3.90. The lowest BCUT2D eigenvalue weighted by molar-refractivity contribution is -0.142. The third-order valence-electron chi connectivity index (χ3n) is 2.40. The van der Waals surface area contributed by atoms with Gasteiger partial charge in [-0.2, -0.15) is 18.2 Å². The van der Waals surface area contributed by atoms with Gasteiger partial charge in [-0.05, 0) is 12.8 Å². The van der Waals surface area contributed by atoms with Crippen molar-refractivity contribution in [3.63, 3.8) is 0 Å². The van der Waals surface area contributed by atoms with E-state index in [1.165, 1.54) is 4.90 Å². The van der Waals surface area contributed by atoms with Crippen LogP contribution in [0.4, 0.5) is 18.0 Å². The first kappa shape index (κ1) is 12.7. The third kappa shape index (κ3) is 3.34. The Morgan fingerprint density at radius 2 is 2.06 bits per heavy atom. The highest BCUT2D eigenvalue weighted by atomic mass is 19.4. The zero-order valence-electron chi connectivity index (χ0n) is 9.35.